The first-order chi connectivity index (χ1) is 17.4. The molecule has 0 aromatic heterocycles. The molecule has 0 radical (unpaired) electrons. The number of aromatic hydroxyl groups is 1. The molecule has 3 amide bonds. The van der Waals surface area contributed by atoms with Gasteiger partial charge in [0.25, 0.3) is 0 Å². The predicted octanol–water partition coefficient (Wildman–Crippen LogP) is -1.37. The van der Waals surface area contributed by atoms with Crippen molar-refractivity contribution in [3.8, 4) is 5.75 Å². The first-order valence-electron chi connectivity index (χ1n) is 11.7. The molecule has 4 atom stereocenters. The van der Waals surface area contributed by atoms with Crippen molar-refractivity contribution in [2.75, 3.05) is 18.6 Å². The molecule has 1 aromatic rings. The Morgan fingerprint density at radius 2 is 1.59 bits per heavy atom. The first-order valence-corrected chi connectivity index (χ1v) is 13.1. The molecule has 14 heteroatoms. The summed E-state index contributed by atoms with van der Waals surface area (Å²) in [7, 11) is 0. The Morgan fingerprint density at radius 3 is 2.16 bits per heavy atom. The smallest absolute Gasteiger partial charge is 0.326 e. The number of nitrogens with zero attached hydrogens (tertiary/aromatic N) is 1. The fraction of sp³-hybridized carbons (Fsp3) is 0.522. The molecule has 0 saturated carbocycles. The van der Waals surface area contributed by atoms with Gasteiger partial charge in [-0.1, -0.05) is 12.1 Å². The number of nitrogens with two attached hydrogens (primary N) is 3. The van der Waals surface area contributed by atoms with Crippen LogP contribution in [0.25, 0.3) is 0 Å². The average molecular weight is 540 g/mol. The van der Waals surface area contributed by atoms with Gasteiger partial charge in [-0.15, -0.1) is 0 Å². The van der Waals surface area contributed by atoms with Crippen molar-refractivity contribution in [1.29, 1.82) is 0 Å². The maximum atomic E-state index is 12.9. The number of carbonyl (C=O) groups is 4. The fourth-order valence-corrected chi connectivity index (χ4v) is 3.67. The largest absolute Gasteiger partial charge is 0.508 e. The molecular weight excluding hydrogens is 502 g/mol. The quantitative estimate of drug-likeness (QED) is 0.0696. The number of aliphatic carboxylic acids is 1. The molecule has 1 rings (SSSR count). The molecule has 0 saturated heterocycles. The number of phenols is 1. The van der Waals surface area contributed by atoms with Crippen LogP contribution in [0.2, 0.25) is 0 Å². The lowest BCUT2D eigenvalue weighted by molar-refractivity contribution is -0.142. The molecule has 11 N–H and O–H groups in total. The predicted molar refractivity (Wildman–Crippen MR) is 142 cm³/mol. The molecule has 1 aromatic carbocycles. The van der Waals surface area contributed by atoms with Crippen LogP contribution in [-0.2, 0) is 25.6 Å². The Balaban J connectivity index is 2.72. The second kappa shape index (κ2) is 16.3. The van der Waals surface area contributed by atoms with E-state index in [4.69, 9.17) is 17.2 Å². The zero-order chi connectivity index (χ0) is 28.0. The lowest BCUT2D eigenvalue weighted by Crippen LogP contribution is -2.56. The number of hydrogen-bond donors (Lipinski definition) is 8. The second-order valence-electron chi connectivity index (χ2n) is 8.40. The number of carboxylic acids is 1. The van der Waals surface area contributed by atoms with E-state index >= 15 is 0 Å². The average Bonchev–Trinajstić information content (AvgIpc) is 2.84. The molecule has 0 bridgehead atoms. The lowest BCUT2D eigenvalue weighted by Gasteiger charge is -2.23. The highest BCUT2D eigenvalue weighted by Crippen LogP contribution is 2.11. The maximum Gasteiger partial charge on any atom is 0.326 e. The monoisotopic (exact) mass is 539 g/mol. The molecule has 0 heterocycles. The van der Waals surface area contributed by atoms with Crippen molar-refractivity contribution in [3.05, 3.63) is 29.8 Å². The highest BCUT2D eigenvalue weighted by Gasteiger charge is 2.28. The molecule has 0 aliphatic rings. The Bertz CT molecular complexity index is 940. The molecule has 0 aliphatic heterocycles. The maximum absolute atomic E-state index is 12.9. The van der Waals surface area contributed by atoms with E-state index < -0.39 is 47.9 Å². The van der Waals surface area contributed by atoms with Crippen LogP contribution in [0.4, 0.5) is 0 Å². The lowest BCUT2D eigenvalue weighted by atomic mass is 10.0. The van der Waals surface area contributed by atoms with Crippen LogP contribution < -0.4 is 33.2 Å². The third-order valence-corrected chi connectivity index (χ3v) is 5.93. The first kappa shape index (κ1) is 31.5. The van der Waals surface area contributed by atoms with E-state index in [0.29, 0.717) is 18.6 Å². The van der Waals surface area contributed by atoms with Gasteiger partial charge in [0.1, 0.15) is 23.9 Å². The summed E-state index contributed by atoms with van der Waals surface area (Å²) in [6.07, 6.45) is 2.75. The van der Waals surface area contributed by atoms with Gasteiger partial charge in [-0.2, -0.15) is 11.8 Å². The van der Waals surface area contributed by atoms with Crippen LogP contribution in [0, 0.1) is 0 Å². The van der Waals surface area contributed by atoms with Crippen molar-refractivity contribution in [3.63, 3.8) is 0 Å². The van der Waals surface area contributed by atoms with Gasteiger partial charge in [0, 0.05) is 6.54 Å². The van der Waals surface area contributed by atoms with Gasteiger partial charge in [-0.05, 0) is 62.3 Å². The molecule has 4 unspecified atom stereocenters. The number of carbonyl (C=O) groups excluding carboxylic acids is 3. The number of hydrogen-bond acceptors (Lipinski definition) is 8. The Kier molecular flexibility index (Phi) is 13.9. The minimum Gasteiger partial charge on any atom is -0.508 e. The van der Waals surface area contributed by atoms with Gasteiger partial charge in [-0.3, -0.25) is 19.4 Å². The van der Waals surface area contributed by atoms with Crippen LogP contribution >= 0.6 is 11.8 Å². The summed E-state index contributed by atoms with van der Waals surface area (Å²) in [5.41, 5.74) is 17.2. The number of phenolic OH excluding ortho intramolecular Hbond substituents is 1. The van der Waals surface area contributed by atoms with Crippen molar-refractivity contribution in [2.24, 2.45) is 22.2 Å². The zero-order valence-corrected chi connectivity index (χ0v) is 21.8. The third kappa shape index (κ3) is 12.3. The fourth-order valence-electron chi connectivity index (χ4n) is 3.20. The minimum atomic E-state index is -1.23. The van der Waals surface area contributed by atoms with Crippen LogP contribution in [0.1, 0.15) is 31.7 Å². The summed E-state index contributed by atoms with van der Waals surface area (Å²) in [6, 6.07) is 2.12. The van der Waals surface area contributed by atoms with Gasteiger partial charge in [0.15, 0.2) is 5.96 Å². The van der Waals surface area contributed by atoms with Gasteiger partial charge >= 0.3 is 5.97 Å². The normalized spacial score (nSPS) is 13.9. The molecule has 0 spiro atoms. The van der Waals surface area contributed by atoms with E-state index in [1.54, 1.807) is 12.1 Å². The zero-order valence-electron chi connectivity index (χ0n) is 21.0. The Hall–Kier alpha value is -3.52. The molecular formula is C23H37N7O6S. The molecule has 13 nitrogen and oxygen atoms in total. The summed E-state index contributed by atoms with van der Waals surface area (Å²) in [5, 5.41) is 26.3. The topological polar surface area (TPSA) is 235 Å². The number of rotatable bonds is 16. The molecule has 206 valence electrons. The summed E-state index contributed by atoms with van der Waals surface area (Å²) in [6.45, 7) is 1.62. The number of carboxylic acid groups (broad SMARTS) is 1. The van der Waals surface area contributed by atoms with Crippen LogP contribution in [0.3, 0.4) is 0 Å². The second-order valence-corrected chi connectivity index (χ2v) is 9.38. The number of guanidine groups is 1. The van der Waals surface area contributed by atoms with Crippen LogP contribution in [0.5, 0.6) is 5.75 Å². The Labute approximate surface area is 220 Å². The summed E-state index contributed by atoms with van der Waals surface area (Å²) < 4.78 is 0. The Morgan fingerprint density at radius 1 is 0.973 bits per heavy atom. The third-order valence-electron chi connectivity index (χ3n) is 5.28. The summed E-state index contributed by atoms with van der Waals surface area (Å²) in [5.74, 6) is -2.53. The van der Waals surface area contributed by atoms with Gasteiger partial charge < -0.3 is 43.4 Å². The number of benzene rings is 1. The number of thioether (sulfide) groups is 1. The SMILES string of the molecule is CSCCC(NC(=O)C(N)Cc1ccc(O)cc1)C(=O)NC(C)C(=O)NC(CCCN=C(N)N)C(=O)O. The van der Waals surface area contributed by atoms with Crippen molar-refractivity contribution >= 4 is 41.4 Å². The van der Waals surface area contributed by atoms with Gasteiger partial charge in [0.05, 0.1) is 6.04 Å². The van der Waals surface area contributed by atoms with E-state index in [9.17, 15) is 29.4 Å². The van der Waals surface area contributed by atoms with E-state index in [1.165, 1.54) is 30.8 Å². The minimum absolute atomic E-state index is 0.0871. The summed E-state index contributed by atoms with van der Waals surface area (Å²) in [4.78, 5) is 53.4. The van der Waals surface area contributed by atoms with Gasteiger partial charge in [0.2, 0.25) is 17.7 Å². The summed E-state index contributed by atoms with van der Waals surface area (Å²) >= 11 is 1.48. The highest BCUT2D eigenvalue weighted by atomic mass is 32.2. The molecule has 37 heavy (non-hydrogen) atoms. The van der Waals surface area contributed by atoms with E-state index in [-0.39, 0.29) is 31.1 Å². The highest BCUT2D eigenvalue weighted by molar-refractivity contribution is 7.98. The standard InChI is InChI=1S/C23H37N7O6S/c1-13(19(32)30-18(22(35)36)4-3-10-27-23(25)26)28-21(34)17(9-11-37-2)29-20(33)16(24)12-14-5-7-15(31)8-6-14/h5-8,13,16-18,31H,3-4,9-12,24H2,1-2H3,(H,28,34)(H,29,33)(H,30,32)(H,35,36)(H4,25,26,27). The number of aliphatic imine (C=N–C) groups is 1. The van der Waals surface area contributed by atoms with Crippen LogP contribution in [-0.4, -0.2) is 82.6 Å². The van der Waals surface area contributed by atoms with Gasteiger partial charge in [-0.25, -0.2) is 4.79 Å². The van der Waals surface area contributed by atoms with E-state index in [1.807, 2.05) is 6.26 Å². The number of amides is 3. The van der Waals surface area contributed by atoms with E-state index in [2.05, 4.69) is 20.9 Å². The van der Waals surface area contributed by atoms with Crippen molar-refractivity contribution in [2.45, 2.75) is 56.8 Å². The van der Waals surface area contributed by atoms with Crippen molar-refractivity contribution in [1.82, 2.24) is 16.0 Å². The van der Waals surface area contributed by atoms with Crippen molar-refractivity contribution < 1.29 is 29.4 Å². The number of nitrogens with one attached hydrogen (secondary N) is 3. The molecule has 0 aliphatic carbocycles. The van der Waals surface area contributed by atoms with Crippen LogP contribution in [0.15, 0.2) is 29.3 Å². The molecule has 0 fully saturated rings. The van der Waals surface area contributed by atoms with E-state index in [0.717, 1.165) is 5.56 Å².